The number of primary amides is 1. The van der Waals surface area contributed by atoms with Gasteiger partial charge in [0.1, 0.15) is 0 Å². The fourth-order valence-corrected chi connectivity index (χ4v) is 4.20. The number of fused-ring (bicyclic) bond motifs is 2. The lowest BCUT2D eigenvalue weighted by Gasteiger charge is -2.35. The van der Waals surface area contributed by atoms with Gasteiger partial charge in [0.25, 0.3) is 0 Å². The number of nitrogens with two attached hydrogens (primary N) is 1. The maximum absolute atomic E-state index is 11.8. The van der Waals surface area contributed by atoms with E-state index < -0.39 is 0 Å². The number of hydrogen-bond donors (Lipinski definition) is 1. The zero-order valence-electron chi connectivity index (χ0n) is 16.2. The number of rotatable bonds is 3. The van der Waals surface area contributed by atoms with Crippen LogP contribution in [0.5, 0.6) is 0 Å². The number of carbonyl (C=O) groups excluding carboxylic acids is 1. The van der Waals surface area contributed by atoms with Crippen molar-refractivity contribution in [1.29, 1.82) is 0 Å². The van der Waals surface area contributed by atoms with Gasteiger partial charge in [-0.25, -0.2) is 9.97 Å². The monoisotopic (exact) mass is 389 g/mol. The lowest BCUT2D eigenvalue weighted by molar-refractivity contribution is 0.0999. The van der Waals surface area contributed by atoms with Crippen LogP contribution in [0.4, 0.5) is 11.6 Å². The highest BCUT2D eigenvalue weighted by atomic mass is 16.5. The molecule has 0 bridgehead atoms. The van der Waals surface area contributed by atoms with E-state index in [1.807, 2.05) is 36.4 Å². The molecule has 148 valence electrons. The summed E-state index contributed by atoms with van der Waals surface area (Å²) in [6.45, 7) is 4.44. The summed E-state index contributed by atoms with van der Waals surface area (Å²) in [6, 6.07) is 13.8. The van der Waals surface area contributed by atoms with Crippen LogP contribution in [0.3, 0.4) is 0 Å². The van der Waals surface area contributed by atoms with Crippen LogP contribution >= 0.6 is 0 Å². The Bertz CT molecular complexity index is 1080. The number of morpholine rings is 1. The number of carbonyl (C=O) groups is 1. The van der Waals surface area contributed by atoms with Gasteiger partial charge >= 0.3 is 0 Å². The molecule has 2 aliphatic rings. The number of amides is 1. The summed E-state index contributed by atoms with van der Waals surface area (Å²) in [5.41, 5.74) is 10.2. The number of aromatic nitrogens is 2. The van der Waals surface area contributed by atoms with Gasteiger partial charge in [0.05, 0.1) is 24.2 Å². The fourth-order valence-electron chi connectivity index (χ4n) is 4.20. The highest BCUT2D eigenvalue weighted by Crippen LogP contribution is 2.33. The molecule has 0 spiro atoms. The molecule has 0 saturated carbocycles. The second kappa shape index (κ2) is 7.33. The van der Waals surface area contributed by atoms with Crippen molar-refractivity contribution < 1.29 is 9.53 Å². The molecule has 5 rings (SSSR count). The Kier molecular flexibility index (Phi) is 4.52. The van der Waals surface area contributed by atoms with E-state index in [0.29, 0.717) is 25.3 Å². The van der Waals surface area contributed by atoms with Gasteiger partial charge in [0.2, 0.25) is 5.91 Å². The van der Waals surface area contributed by atoms with Gasteiger partial charge in [-0.3, -0.25) is 4.79 Å². The average molecular weight is 389 g/mol. The third-order valence-corrected chi connectivity index (χ3v) is 5.68. The molecule has 1 amide bonds. The summed E-state index contributed by atoms with van der Waals surface area (Å²) in [4.78, 5) is 26.3. The van der Waals surface area contributed by atoms with Crippen molar-refractivity contribution in [2.75, 3.05) is 42.6 Å². The summed E-state index contributed by atoms with van der Waals surface area (Å²) >= 11 is 0. The molecule has 0 unspecified atom stereocenters. The van der Waals surface area contributed by atoms with Crippen molar-refractivity contribution in [2.45, 2.75) is 13.0 Å². The molecule has 0 aliphatic carbocycles. The minimum atomic E-state index is -0.366. The second-order valence-corrected chi connectivity index (χ2v) is 7.44. The first-order valence-electron chi connectivity index (χ1n) is 9.96. The van der Waals surface area contributed by atoms with Crippen molar-refractivity contribution in [3.05, 3.63) is 59.2 Å². The summed E-state index contributed by atoms with van der Waals surface area (Å²) in [5.74, 6) is 1.43. The van der Waals surface area contributed by atoms with E-state index in [9.17, 15) is 4.79 Å². The van der Waals surface area contributed by atoms with Gasteiger partial charge in [-0.05, 0) is 35.7 Å². The van der Waals surface area contributed by atoms with Crippen LogP contribution in [0.1, 0.15) is 21.5 Å². The Morgan fingerprint density at radius 1 is 0.897 bits per heavy atom. The highest BCUT2D eigenvalue weighted by molar-refractivity contribution is 5.95. The van der Waals surface area contributed by atoms with Crippen LogP contribution in [0.25, 0.3) is 11.0 Å². The Morgan fingerprint density at radius 3 is 2.28 bits per heavy atom. The summed E-state index contributed by atoms with van der Waals surface area (Å²) in [6.07, 6.45) is 0.755. The molecule has 3 aromatic rings. The normalized spacial score (nSPS) is 16.7. The first-order chi connectivity index (χ1) is 14.2. The lowest BCUT2D eigenvalue weighted by atomic mass is 9.94. The smallest absolute Gasteiger partial charge is 0.248 e. The van der Waals surface area contributed by atoms with E-state index in [4.69, 9.17) is 20.4 Å². The third-order valence-electron chi connectivity index (χ3n) is 5.68. The molecule has 2 N–H and O–H groups in total. The van der Waals surface area contributed by atoms with Crippen LogP contribution < -0.4 is 15.5 Å². The van der Waals surface area contributed by atoms with Crippen molar-refractivity contribution >= 4 is 28.6 Å². The van der Waals surface area contributed by atoms with Crippen molar-refractivity contribution in [3.63, 3.8) is 0 Å². The van der Waals surface area contributed by atoms with E-state index in [1.165, 1.54) is 0 Å². The number of anilines is 2. The number of benzene rings is 2. The van der Waals surface area contributed by atoms with Crippen LogP contribution in [0.15, 0.2) is 42.5 Å². The first kappa shape index (κ1) is 17.9. The van der Waals surface area contributed by atoms with E-state index in [0.717, 1.165) is 59.9 Å². The summed E-state index contributed by atoms with van der Waals surface area (Å²) in [7, 11) is 0. The van der Waals surface area contributed by atoms with Gasteiger partial charge in [-0.1, -0.05) is 24.3 Å². The van der Waals surface area contributed by atoms with E-state index in [2.05, 4.69) is 15.9 Å². The molecule has 1 saturated heterocycles. The fraction of sp³-hybridized carbons (Fsp3) is 0.318. The van der Waals surface area contributed by atoms with Crippen LogP contribution in [0.2, 0.25) is 0 Å². The van der Waals surface area contributed by atoms with Gasteiger partial charge in [0.15, 0.2) is 11.6 Å². The predicted octanol–water partition coefficient (Wildman–Crippen LogP) is 2.13. The largest absolute Gasteiger partial charge is 0.378 e. The molecule has 2 aliphatic heterocycles. The van der Waals surface area contributed by atoms with Crippen LogP contribution in [-0.2, 0) is 17.7 Å². The molecule has 1 aromatic heterocycles. The molecule has 29 heavy (non-hydrogen) atoms. The number of hydrogen-bond acceptors (Lipinski definition) is 6. The van der Waals surface area contributed by atoms with Crippen molar-refractivity contribution in [1.82, 2.24) is 9.97 Å². The van der Waals surface area contributed by atoms with Gasteiger partial charge in [-0.15, -0.1) is 0 Å². The van der Waals surface area contributed by atoms with Crippen LogP contribution in [-0.4, -0.2) is 48.7 Å². The highest BCUT2D eigenvalue weighted by Gasteiger charge is 2.26. The molecule has 0 atom stereocenters. The van der Waals surface area contributed by atoms with Gasteiger partial charge in [0, 0.05) is 31.7 Å². The second-order valence-electron chi connectivity index (χ2n) is 7.44. The van der Waals surface area contributed by atoms with Gasteiger partial charge < -0.3 is 20.3 Å². The molecular formula is C22H23N5O2. The number of ether oxygens (including phenoxy) is 1. The van der Waals surface area contributed by atoms with E-state index >= 15 is 0 Å². The Morgan fingerprint density at radius 2 is 1.59 bits per heavy atom. The minimum absolute atomic E-state index is 0.366. The standard InChI is InChI=1S/C22H23N5O2/c23-20(28)17-5-3-4-15-14-27(9-8-16(15)17)22-21(26-10-12-29-13-11-26)24-18-6-1-2-7-19(18)25-22/h1-7H,8-14H2,(H2,23,28). The summed E-state index contributed by atoms with van der Waals surface area (Å²) < 4.78 is 5.53. The molecule has 0 radical (unpaired) electrons. The molecular weight excluding hydrogens is 366 g/mol. The van der Waals surface area contributed by atoms with Gasteiger partial charge in [-0.2, -0.15) is 0 Å². The molecule has 1 fully saturated rings. The van der Waals surface area contributed by atoms with Crippen molar-refractivity contribution in [3.8, 4) is 0 Å². The number of para-hydroxylation sites is 2. The van der Waals surface area contributed by atoms with E-state index in [-0.39, 0.29) is 5.91 Å². The Labute approximate surface area is 169 Å². The minimum Gasteiger partial charge on any atom is -0.378 e. The quantitative estimate of drug-likeness (QED) is 0.739. The van der Waals surface area contributed by atoms with Crippen LogP contribution in [0, 0.1) is 0 Å². The average Bonchev–Trinajstić information content (AvgIpc) is 2.78. The number of nitrogens with zero attached hydrogens (tertiary/aromatic N) is 4. The predicted molar refractivity (Wildman–Crippen MR) is 112 cm³/mol. The van der Waals surface area contributed by atoms with E-state index in [1.54, 1.807) is 0 Å². The zero-order valence-corrected chi connectivity index (χ0v) is 16.2. The summed E-state index contributed by atoms with van der Waals surface area (Å²) in [5, 5.41) is 0. The molecule has 2 aromatic carbocycles. The maximum Gasteiger partial charge on any atom is 0.248 e. The SMILES string of the molecule is NC(=O)c1cccc2c1CCN(c1nc3ccccc3nc1N1CCOCC1)C2. The Hall–Kier alpha value is -3.19. The van der Waals surface area contributed by atoms with Crippen molar-refractivity contribution in [2.24, 2.45) is 5.73 Å². The third kappa shape index (κ3) is 3.27. The topological polar surface area (TPSA) is 84.6 Å². The Balaban J connectivity index is 1.57. The molecule has 7 nitrogen and oxygen atoms in total. The first-order valence-corrected chi connectivity index (χ1v) is 9.96. The lowest BCUT2D eigenvalue weighted by Crippen LogP contribution is -2.39. The molecule has 3 heterocycles. The molecule has 7 heteroatoms. The zero-order chi connectivity index (χ0) is 19.8. The maximum atomic E-state index is 11.8.